The van der Waals surface area contributed by atoms with E-state index in [1.807, 2.05) is 44.2 Å². The van der Waals surface area contributed by atoms with Gasteiger partial charge in [0.1, 0.15) is 17.6 Å². The van der Waals surface area contributed by atoms with Gasteiger partial charge in [-0.15, -0.1) is 6.58 Å². The highest BCUT2D eigenvalue weighted by molar-refractivity contribution is 5.98. The molecular formula is C29H40N2O6. The third kappa shape index (κ3) is 4.18. The summed E-state index contributed by atoms with van der Waals surface area (Å²) in [5.41, 5.74) is -1.40. The average Bonchev–Trinajstić information content (AvgIpc) is 3.38. The molecule has 8 atom stereocenters. The van der Waals surface area contributed by atoms with Gasteiger partial charge in [-0.2, -0.15) is 0 Å². The standard InChI is InChI=1S/C29H40N2O6/c1-6-11-19(4)30(14-7-2)26(34)24-29-16-18(3)28(5,37-29)23(27(35)36)22(29)25(33)31(24)21(17-32)15-20-12-9-8-10-13-20/h7-10,12-13,18-19,21-24,32H,2,6,11,14-17H2,1,3-5H3,(H,35,36)/t18?,19?,21-,22+,23+,24?,28-,29?/m1/s1. The van der Waals surface area contributed by atoms with Gasteiger partial charge in [-0.05, 0) is 44.6 Å². The van der Waals surface area contributed by atoms with Crippen molar-refractivity contribution in [2.75, 3.05) is 13.2 Å². The molecule has 1 spiro atoms. The third-order valence-electron chi connectivity index (χ3n) is 9.02. The molecule has 3 heterocycles. The summed E-state index contributed by atoms with van der Waals surface area (Å²) in [4.78, 5) is 44.4. The minimum absolute atomic E-state index is 0.105. The van der Waals surface area contributed by atoms with Crippen LogP contribution in [0.1, 0.15) is 52.5 Å². The molecule has 2 bridgehead atoms. The van der Waals surface area contributed by atoms with E-state index in [9.17, 15) is 24.6 Å². The summed E-state index contributed by atoms with van der Waals surface area (Å²) in [6.07, 6.45) is 4.07. The van der Waals surface area contributed by atoms with E-state index in [2.05, 4.69) is 13.5 Å². The van der Waals surface area contributed by atoms with Gasteiger partial charge in [0.25, 0.3) is 0 Å². The van der Waals surface area contributed by atoms with E-state index in [1.165, 1.54) is 4.90 Å². The van der Waals surface area contributed by atoms with Gasteiger partial charge < -0.3 is 24.7 Å². The Morgan fingerprint density at radius 3 is 2.57 bits per heavy atom. The molecule has 202 valence electrons. The van der Waals surface area contributed by atoms with Crippen molar-refractivity contribution in [1.29, 1.82) is 0 Å². The monoisotopic (exact) mass is 512 g/mol. The predicted octanol–water partition coefficient (Wildman–Crippen LogP) is 2.89. The zero-order chi connectivity index (χ0) is 27.1. The van der Waals surface area contributed by atoms with Crippen LogP contribution >= 0.6 is 0 Å². The molecule has 4 unspecified atom stereocenters. The molecule has 3 saturated heterocycles. The lowest BCUT2D eigenvalue weighted by molar-refractivity contribution is -0.160. The minimum atomic E-state index is -1.26. The van der Waals surface area contributed by atoms with Crippen LogP contribution in [-0.2, 0) is 25.5 Å². The van der Waals surface area contributed by atoms with Gasteiger partial charge in [-0.3, -0.25) is 14.4 Å². The number of carbonyl (C=O) groups excluding carboxylic acids is 2. The summed E-state index contributed by atoms with van der Waals surface area (Å²) in [5.74, 6) is -3.99. The maximum Gasteiger partial charge on any atom is 0.310 e. The van der Waals surface area contributed by atoms with Crippen LogP contribution < -0.4 is 0 Å². The van der Waals surface area contributed by atoms with Crippen molar-refractivity contribution < 1.29 is 29.3 Å². The van der Waals surface area contributed by atoms with Gasteiger partial charge in [0.2, 0.25) is 11.8 Å². The molecule has 2 N–H and O–H groups in total. The van der Waals surface area contributed by atoms with Gasteiger partial charge in [0.05, 0.1) is 24.2 Å². The Kier molecular flexibility index (Phi) is 7.55. The van der Waals surface area contributed by atoms with Crippen LogP contribution in [0.2, 0.25) is 0 Å². The molecule has 0 aliphatic carbocycles. The lowest BCUT2D eigenvalue weighted by Crippen LogP contribution is -2.60. The van der Waals surface area contributed by atoms with E-state index >= 15 is 0 Å². The number of carboxylic acids is 1. The van der Waals surface area contributed by atoms with E-state index in [4.69, 9.17) is 4.74 Å². The molecule has 0 aromatic heterocycles. The molecular weight excluding hydrogens is 472 g/mol. The average molecular weight is 513 g/mol. The smallest absolute Gasteiger partial charge is 0.310 e. The van der Waals surface area contributed by atoms with Gasteiger partial charge in [0.15, 0.2) is 0 Å². The molecule has 1 aromatic carbocycles. The molecule has 3 aliphatic rings. The normalized spacial score (nSPS) is 33.8. The number of fused-ring (bicyclic) bond motifs is 1. The molecule has 0 radical (unpaired) electrons. The summed E-state index contributed by atoms with van der Waals surface area (Å²) in [7, 11) is 0. The van der Waals surface area contributed by atoms with Gasteiger partial charge >= 0.3 is 5.97 Å². The first-order valence-electron chi connectivity index (χ1n) is 13.4. The molecule has 1 aromatic rings. The zero-order valence-corrected chi connectivity index (χ0v) is 22.3. The van der Waals surface area contributed by atoms with E-state index < -0.39 is 47.0 Å². The second kappa shape index (κ2) is 10.2. The maximum absolute atomic E-state index is 14.5. The van der Waals surface area contributed by atoms with Crippen molar-refractivity contribution in [2.24, 2.45) is 17.8 Å². The summed E-state index contributed by atoms with van der Waals surface area (Å²) in [6.45, 7) is 11.5. The summed E-state index contributed by atoms with van der Waals surface area (Å²) >= 11 is 0. The number of carbonyl (C=O) groups is 3. The molecule has 3 aliphatic heterocycles. The largest absolute Gasteiger partial charge is 0.481 e. The number of ether oxygens (including phenoxy) is 1. The Morgan fingerprint density at radius 1 is 1.32 bits per heavy atom. The van der Waals surface area contributed by atoms with Crippen molar-refractivity contribution in [3.05, 3.63) is 48.6 Å². The first kappa shape index (κ1) is 27.3. The molecule has 3 fully saturated rings. The fourth-order valence-electron chi connectivity index (χ4n) is 7.22. The first-order chi connectivity index (χ1) is 17.6. The molecule has 4 rings (SSSR count). The Balaban J connectivity index is 1.84. The van der Waals surface area contributed by atoms with Crippen LogP contribution in [0.5, 0.6) is 0 Å². The van der Waals surface area contributed by atoms with E-state index in [-0.39, 0.29) is 24.5 Å². The number of carboxylic acid groups (broad SMARTS) is 1. The van der Waals surface area contributed by atoms with Crippen molar-refractivity contribution in [3.63, 3.8) is 0 Å². The van der Waals surface area contributed by atoms with Crippen molar-refractivity contribution in [2.45, 2.75) is 82.7 Å². The van der Waals surface area contributed by atoms with Crippen molar-refractivity contribution in [3.8, 4) is 0 Å². The number of aliphatic carboxylic acids is 1. The molecule has 0 saturated carbocycles. The van der Waals surface area contributed by atoms with Crippen molar-refractivity contribution in [1.82, 2.24) is 9.80 Å². The number of nitrogens with zero attached hydrogens (tertiary/aromatic N) is 2. The van der Waals surface area contributed by atoms with Crippen LogP contribution in [0.15, 0.2) is 43.0 Å². The maximum atomic E-state index is 14.5. The number of amides is 2. The lowest BCUT2D eigenvalue weighted by atomic mass is 9.62. The van der Waals surface area contributed by atoms with E-state index in [0.29, 0.717) is 19.4 Å². The number of hydrogen-bond donors (Lipinski definition) is 2. The van der Waals surface area contributed by atoms with Gasteiger partial charge in [-0.25, -0.2) is 0 Å². The third-order valence-corrected chi connectivity index (χ3v) is 9.02. The highest BCUT2D eigenvalue weighted by atomic mass is 16.5. The minimum Gasteiger partial charge on any atom is -0.481 e. The second-order valence-electron chi connectivity index (χ2n) is 11.2. The Morgan fingerprint density at radius 2 is 2.00 bits per heavy atom. The van der Waals surface area contributed by atoms with Crippen LogP contribution in [0.3, 0.4) is 0 Å². The van der Waals surface area contributed by atoms with Crippen molar-refractivity contribution >= 4 is 17.8 Å². The SMILES string of the molecule is C=CCN(C(=O)C1N([C@@H](CO)Cc2ccccc2)C(=O)[C@@H]2[C@@H](C(=O)O)[C@]3(C)OC12CC3C)C(C)CCC. The Bertz CT molecular complexity index is 1050. The second-order valence-corrected chi connectivity index (χ2v) is 11.2. The number of hydrogen-bond acceptors (Lipinski definition) is 5. The molecule has 8 heteroatoms. The lowest BCUT2D eigenvalue weighted by Gasteiger charge is -2.41. The van der Waals surface area contributed by atoms with Crippen LogP contribution in [-0.4, -0.2) is 80.3 Å². The number of rotatable bonds is 11. The van der Waals surface area contributed by atoms with Crippen LogP contribution in [0.4, 0.5) is 0 Å². The quantitative estimate of drug-likeness (QED) is 0.442. The number of likely N-dealkylation sites (tertiary alicyclic amines) is 1. The Labute approximate surface area is 219 Å². The fraction of sp³-hybridized carbons (Fsp3) is 0.621. The number of aliphatic hydroxyl groups excluding tert-OH is 1. The predicted molar refractivity (Wildman–Crippen MR) is 139 cm³/mol. The summed E-state index contributed by atoms with van der Waals surface area (Å²) in [5, 5.41) is 20.8. The van der Waals surface area contributed by atoms with E-state index in [1.54, 1.807) is 17.9 Å². The number of aliphatic hydroxyl groups is 1. The van der Waals surface area contributed by atoms with Crippen LogP contribution in [0, 0.1) is 17.8 Å². The zero-order valence-electron chi connectivity index (χ0n) is 22.3. The topological polar surface area (TPSA) is 107 Å². The summed E-state index contributed by atoms with van der Waals surface area (Å²) < 4.78 is 6.61. The highest BCUT2D eigenvalue weighted by Gasteiger charge is 2.80. The first-order valence-corrected chi connectivity index (χ1v) is 13.4. The number of benzene rings is 1. The van der Waals surface area contributed by atoms with Gasteiger partial charge in [-0.1, -0.05) is 56.7 Å². The Hall–Kier alpha value is -2.71. The van der Waals surface area contributed by atoms with Gasteiger partial charge in [0, 0.05) is 12.6 Å². The van der Waals surface area contributed by atoms with E-state index in [0.717, 1.165) is 18.4 Å². The highest BCUT2D eigenvalue weighted by Crippen LogP contribution is 2.65. The molecule has 2 amide bonds. The molecule has 8 nitrogen and oxygen atoms in total. The van der Waals surface area contributed by atoms with Crippen LogP contribution in [0.25, 0.3) is 0 Å². The fourth-order valence-corrected chi connectivity index (χ4v) is 7.22. The molecule has 37 heavy (non-hydrogen) atoms. The summed E-state index contributed by atoms with van der Waals surface area (Å²) in [6, 6.07) is 7.66.